The smallest absolute Gasteiger partial charge is 0.00649 e. The molecule has 0 spiro atoms. The minimum absolute atomic E-state index is 0.982. The van der Waals surface area contributed by atoms with Crippen molar-refractivity contribution >= 4 is 15.9 Å². The van der Waals surface area contributed by atoms with E-state index >= 15 is 0 Å². The molecule has 7 aliphatic rings. The summed E-state index contributed by atoms with van der Waals surface area (Å²) < 4.78 is 0. The molecular weight excluding hydrogens is 512 g/mol. The molecule has 0 N–H and O–H groups in total. The van der Waals surface area contributed by atoms with E-state index in [1.54, 1.807) is 128 Å². The van der Waals surface area contributed by atoms with Crippen LogP contribution in [-0.2, 0) is 0 Å². The van der Waals surface area contributed by atoms with Crippen LogP contribution in [0.4, 0.5) is 0 Å². The molecule has 7 rings (SSSR count). The van der Waals surface area contributed by atoms with Crippen molar-refractivity contribution in [2.24, 2.45) is 76.9 Å². The fourth-order valence-corrected chi connectivity index (χ4v) is 14.1. The monoisotopic (exact) mass is 570 g/mol. The van der Waals surface area contributed by atoms with Crippen LogP contribution in [0.2, 0.25) is 0 Å². The summed E-state index contributed by atoms with van der Waals surface area (Å²) in [5, 5.41) is 1.31. The minimum atomic E-state index is 0.982. The maximum Gasteiger partial charge on any atom is 0.00649 e. The molecule has 7 aliphatic carbocycles. The number of rotatable bonds is 1. The average molecular weight is 572 g/mol. The van der Waals surface area contributed by atoms with Gasteiger partial charge in [0.05, 0.1) is 0 Å². The van der Waals surface area contributed by atoms with Gasteiger partial charge in [0.25, 0.3) is 0 Å². The molecule has 210 valence electrons. The summed E-state index contributed by atoms with van der Waals surface area (Å²) >= 11 is 4.16. The summed E-state index contributed by atoms with van der Waals surface area (Å²) in [6, 6.07) is 0. The molecule has 0 aromatic carbocycles. The quantitative estimate of drug-likeness (QED) is 0.275. The lowest BCUT2D eigenvalue weighted by Gasteiger charge is -2.62. The van der Waals surface area contributed by atoms with Crippen molar-refractivity contribution in [3.8, 4) is 0 Å². The molecule has 0 aromatic heterocycles. The summed E-state index contributed by atoms with van der Waals surface area (Å²) in [5.74, 6) is 14.1. The van der Waals surface area contributed by atoms with Crippen LogP contribution in [0.25, 0.3) is 0 Å². The molecule has 0 aliphatic heterocycles. The van der Waals surface area contributed by atoms with Gasteiger partial charge in [-0.25, -0.2) is 0 Å². The van der Waals surface area contributed by atoms with Crippen molar-refractivity contribution in [2.45, 2.75) is 141 Å². The lowest BCUT2D eigenvalue weighted by Crippen LogP contribution is -2.56. The molecule has 0 amide bonds. The lowest BCUT2D eigenvalue weighted by molar-refractivity contribution is -0.140. The Bertz CT molecular complexity index is 745. The zero-order valence-electron chi connectivity index (χ0n) is 24.1. The molecule has 0 heterocycles. The summed E-state index contributed by atoms with van der Waals surface area (Å²) in [5.41, 5.74) is 0. The molecular formula is C36H59Br. The normalized spacial score (nSPS) is 52.6. The van der Waals surface area contributed by atoms with Crippen molar-refractivity contribution < 1.29 is 0 Å². The van der Waals surface area contributed by atoms with E-state index in [-0.39, 0.29) is 0 Å². The first-order valence-corrected chi connectivity index (χ1v) is 18.9. The molecule has 0 saturated heterocycles. The molecule has 0 radical (unpaired) electrons. The predicted molar refractivity (Wildman–Crippen MR) is 161 cm³/mol. The van der Waals surface area contributed by atoms with E-state index in [2.05, 4.69) is 15.9 Å². The van der Waals surface area contributed by atoms with Gasteiger partial charge in [0.2, 0.25) is 0 Å². The summed E-state index contributed by atoms with van der Waals surface area (Å²) in [6.07, 6.45) is 35.0. The minimum Gasteiger partial charge on any atom is -0.0925 e. The molecule has 7 saturated carbocycles. The highest BCUT2D eigenvalue weighted by atomic mass is 79.9. The van der Waals surface area contributed by atoms with Crippen LogP contribution in [-0.4, -0.2) is 5.33 Å². The Labute approximate surface area is 238 Å². The Balaban J connectivity index is 1.24. The molecule has 13 atom stereocenters. The highest BCUT2D eigenvalue weighted by molar-refractivity contribution is 9.09. The van der Waals surface area contributed by atoms with E-state index in [1.807, 2.05) is 0 Å². The highest BCUT2D eigenvalue weighted by Crippen LogP contribution is 2.64. The van der Waals surface area contributed by atoms with Gasteiger partial charge in [0, 0.05) is 5.33 Å². The van der Waals surface area contributed by atoms with Crippen molar-refractivity contribution in [1.29, 1.82) is 0 Å². The van der Waals surface area contributed by atoms with Gasteiger partial charge in [-0.3, -0.25) is 0 Å². The highest BCUT2D eigenvalue weighted by Gasteiger charge is 2.57. The van der Waals surface area contributed by atoms with Crippen molar-refractivity contribution in [3.63, 3.8) is 0 Å². The van der Waals surface area contributed by atoms with E-state index in [4.69, 9.17) is 0 Å². The van der Waals surface area contributed by atoms with Crippen LogP contribution in [0.3, 0.4) is 0 Å². The summed E-state index contributed by atoms with van der Waals surface area (Å²) in [7, 11) is 0. The van der Waals surface area contributed by atoms with E-state index in [9.17, 15) is 0 Å². The van der Waals surface area contributed by atoms with Gasteiger partial charge in [-0.1, -0.05) is 93.0 Å². The fourth-order valence-electron chi connectivity index (χ4n) is 13.1. The first-order chi connectivity index (χ1) is 18.3. The van der Waals surface area contributed by atoms with Gasteiger partial charge in [-0.05, 0) is 141 Å². The Morgan fingerprint density at radius 3 is 1.51 bits per heavy atom. The molecule has 0 nitrogen and oxygen atoms in total. The van der Waals surface area contributed by atoms with E-state index < -0.39 is 0 Å². The average Bonchev–Trinajstić information content (AvgIpc) is 3.08. The number of hydrogen-bond donors (Lipinski definition) is 0. The number of alkyl halides is 1. The van der Waals surface area contributed by atoms with Gasteiger partial charge >= 0.3 is 0 Å². The fraction of sp³-hybridized carbons (Fsp3) is 1.00. The maximum atomic E-state index is 4.16. The van der Waals surface area contributed by atoms with Crippen LogP contribution in [0, 0.1) is 76.9 Å². The Kier molecular flexibility index (Phi) is 8.39. The third-order valence-electron chi connectivity index (χ3n) is 14.4. The first-order valence-electron chi connectivity index (χ1n) is 17.8. The van der Waals surface area contributed by atoms with E-state index in [0.717, 1.165) is 76.9 Å². The van der Waals surface area contributed by atoms with E-state index in [1.165, 1.54) is 18.2 Å². The van der Waals surface area contributed by atoms with Crippen molar-refractivity contribution in [1.82, 2.24) is 0 Å². The summed E-state index contributed by atoms with van der Waals surface area (Å²) in [4.78, 5) is 0. The molecule has 7 fully saturated rings. The zero-order chi connectivity index (χ0) is 24.8. The Morgan fingerprint density at radius 1 is 0.378 bits per heavy atom. The third-order valence-corrected chi connectivity index (χ3v) is 15.1. The Morgan fingerprint density at radius 2 is 0.838 bits per heavy atom. The topological polar surface area (TPSA) is 0 Å². The molecule has 8 bridgehead atoms. The van der Waals surface area contributed by atoms with Gasteiger partial charge < -0.3 is 0 Å². The van der Waals surface area contributed by atoms with Gasteiger partial charge in [0.15, 0.2) is 0 Å². The second-order valence-electron chi connectivity index (χ2n) is 16.2. The van der Waals surface area contributed by atoms with E-state index in [0.29, 0.717) is 0 Å². The van der Waals surface area contributed by atoms with Crippen LogP contribution in [0.15, 0.2) is 0 Å². The second-order valence-corrected chi connectivity index (χ2v) is 16.9. The number of halogens is 1. The standard InChI is InChI=1S/C36H59Br/c37-23-34-28-11-3-1-2-8-26(18-28)20-31-22-29(34)15-14-27-17-24-9-4-5-10-25(16-24)19-30(21-27)35-32-12-6-7-13-33(32)36(31)35/h24-36H,1-23H2. The Hall–Kier alpha value is 0.480. The second kappa shape index (κ2) is 11.8. The molecule has 13 unspecified atom stereocenters. The van der Waals surface area contributed by atoms with Crippen LogP contribution in [0.1, 0.15) is 141 Å². The van der Waals surface area contributed by atoms with Gasteiger partial charge in [-0.15, -0.1) is 0 Å². The molecule has 37 heavy (non-hydrogen) atoms. The number of hydrogen-bond acceptors (Lipinski definition) is 0. The third kappa shape index (κ3) is 5.42. The van der Waals surface area contributed by atoms with Crippen LogP contribution < -0.4 is 0 Å². The zero-order valence-corrected chi connectivity index (χ0v) is 25.7. The molecule has 0 aromatic rings. The SMILES string of the molecule is BrCC1C2CCCCCC(C2)CC2CC1CCC1CC3CCCCC(C3)CC(C1)C1C3CCCCC3C21. The largest absolute Gasteiger partial charge is 0.0925 e. The predicted octanol–water partition coefficient (Wildman–Crippen LogP) is 11.1. The van der Waals surface area contributed by atoms with Gasteiger partial charge in [0.1, 0.15) is 0 Å². The van der Waals surface area contributed by atoms with Crippen LogP contribution in [0.5, 0.6) is 0 Å². The first kappa shape index (κ1) is 26.4. The lowest BCUT2D eigenvalue weighted by atomic mass is 9.42. The van der Waals surface area contributed by atoms with Crippen molar-refractivity contribution in [3.05, 3.63) is 0 Å². The maximum absolute atomic E-state index is 4.16. The summed E-state index contributed by atoms with van der Waals surface area (Å²) in [6.45, 7) is 0. The van der Waals surface area contributed by atoms with Crippen LogP contribution >= 0.6 is 15.9 Å². The molecule has 1 heteroatoms. The number of fused-ring (bicyclic) bond motifs is 14. The van der Waals surface area contributed by atoms with Gasteiger partial charge in [-0.2, -0.15) is 0 Å². The van der Waals surface area contributed by atoms with Crippen molar-refractivity contribution in [2.75, 3.05) is 5.33 Å².